The van der Waals surface area contributed by atoms with Gasteiger partial charge < -0.3 is 11.1 Å². The predicted octanol–water partition coefficient (Wildman–Crippen LogP) is 3.10. The fourth-order valence-corrected chi connectivity index (χ4v) is 4.56. The van der Waals surface area contributed by atoms with Gasteiger partial charge in [0.15, 0.2) is 0 Å². The van der Waals surface area contributed by atoms with Crippen LogP contribution in [-0.2, 0) is 10.2 Å². The Morgan fingerprint density at radius 1 is 1.23 bits per heavy atom. The number of nitrogens with two attached hydrogens (primary N) is 1. The van der Waals surface area contributed by atoms with Crippen molar-refractivity contribution in [2.45, 2.75) is 57.4 Å². The Labute approximate surface area is 164 Å². The van der Waals surface area contributed by atoms with E-state index in [2.05, 4.69) is 54.4 Å². The van der Waals surface area contributed by atoms with Gasteiger partial charge in [0.2, 0.25) is 5.91 Å². The maximum Gasteiger partial charge on any atom is 0.234 e. The van der Waals surface area contributed by atoms with E-state index >= 15 is 0 Å². The van der Waals surface area contributed by atoms with Gasteiger partial charge in [0.25, 0.3) is 0 Å². The number of hydrogen-bond donors (Lipinski definition) is 2. The number of amides is 1. The highest BCUT2D eigenvalue weighted by molar-refractivity contribution is 5.85. The van der Waals surface area contributed by atoms with Gasteiger partial charge in [-0.2, -0.15) is 0 Å². The first kappa shape index (κ1) is 21.2. The minimum absolute atomic E-state index is 0. The van der Waals surface area contributed by atoms with Gasteiger partial charge in [-0.1, -0.05) is 57.0 Å². The second kappa shape index (κ2) is 8.73. The molecule has 0 bridgehead atoms. The van der Waals surface area contributed by atoms with Crippen molar-refractivity contribution < 1.29 is 4.79 Å². The molecule has 1 saturated carbocycles. The van der Waals surface area contributed by atoms with Crippen molar-refractivity contribution in [1.82, 2.24) is 10.2 Å². The molecule has 3 rings (SSSR count). The average Bonchev–Trinajstić information content (AvgIpc) is 3.07. The number of carbonyl (C=O) groups is 1. The van der Waals surface area contributed by atoms with Gasteiger partial charge in [0.1, 0.15) is 0 Å². The van der Waals surface area contributed by atoms with Crippen molar-refractivity contribution >= 4 is 18.3 Å². The largest absolute Gasteiger partial charge is 0.354 e. The molecule has 1 aliphatic heterocycles. The smallest absolute Gasteiger partial charge is 0.234 e. The van der Waals surface area contributed by atoms with Crippen molar-refractivity contribution in [3.05, 3.63) is 35.9 Å². The Kier molecular flexibility index (Phi) is 7.12. The summed E-state index contributed by atoms with van der Waals surface area (Å²) in [5, 5.41) is 3.24. The number of carbonyl (C=O) groups excluding carboxylic acids is 1. The van der Waals surface area contributed by atoms with E-state index in [0.29, 0.717) is 6.54 Å². The van der Waals surface area contributed by atoms with Crippen LogP contribution in [0.1, 0.15) is 51.5 Å². The number of hydrogen-bond acceptors (Lipinski definition) is 3. The summed E-state index contributed by atoms with van der Waals surface area (Å²) in [7, 11) is 0. The van der Waals surface area contributed by atoms with Crippen molar-refractivity contribution in [2.75, 3.05) is 26.2 Å². The molecule has 146 valence electrons. The van der Waals surface area contributed by atoms with E-state index in [4.69, 9.17) is 5.73 Å². The lowest BCUT2D eigenvalue weighted by Gasteiger charge is -2.42. The van der Waals surface area contributed by atoms with Crippen molar-refractivity contribution in [1.29, 1.82) is 0 Å². The first-order chi connectivity index (χ1) is 11.9. The Morgan fingerprint density at radius 3 is 2.50 bits per heavy atom. The van der Waals surface area contributed by atoms with E-state index < -0.39 is 0 Å². The van der Waals surface area contributed by atoms with Crippen LogP contribution in [0.2, 0.25) is 0 Å². The molecular weight excluding hydrogens is 346 g/mol. The third kappa shape index (κ3) is 4.79. The number of rotatable bonds is 5. The quantitative estimate of drug-likeness (QED) is 0.826. The molecule has 1 amide bonds. The first-order valence-corrected chi connectivity index (χ1v) is 9.72. The Balaban J connectivity index is 0.00000243. The van der Waals surface area contributed by atoms with Crippen molar-refractivity contribution in [2.24, 2.45) is 11.1 Å². The summed E-state index contributed by atoms with van der Waals surface area (Å²) in [5.41, 5.74) is 7.78. The molecule has 0 aromatic heterocycles. The highest BCUT2D eigenvalue weighted by Crippen LogP contribution is 2.40. The van der Waals surface area contributed by atoms with E-state index in [-0.39, 0.29) is 35.2 Å². The molecular formula is C21H34ClN3O. The standard InChI is InChI=1S/C21H33N3O.ClH/c1-20(2)16-24(13-10-18(20)22)14-19(25)23-15-21(11-6-7-12-21)17-8-4-3-5-9-17;/h3-5,8-9,18H,6-7,10-16,22H2,1-2H3,(H,23,25);1H. The van der Waals surface area contributed by atoms with Crippen LogP contribution in [0.5, 0.6) is 0 Å². The molecule has 3 N–H and O–H groups in total. The summed E-state index contributed by atoms with van der Waals surface area (Å²) in [4.78, 5) is 14.8. The van der Waals surface area contributed by atoms with Gasteiger partial charge in [-0.25, -0.2) is 0 Å². The van der Waals surface area contributed by atoms with Crippen LogP contribution in [0.3, 0.4) is 0 Å². The molecule has 2 fully saturated rings. The summed E-state index contributed by atoms with van der Waals surface area (Å²) < 4.78 is 0. The second-order valence-electron chi connectivity index (χ2n) is 8.72. The summed E-state index contributed by atoms with van der Waals surface area (Å²) >= 11 is 0. The lowest BCUT2D eigenvalue weighted by Crippen LogP contribution is -2.54. The Hall–Kier alpha value is -1.10. The highest BCUT2D eigenvalue weighted by atomic mass is 35.5. The molecule has 1 heterocycles. The monoisotopic (exact) mass is 379 g/mol. The fraction of sp³-hybridized carbons (Fsp3) is 0.667. The number of likely N-dealkylation sites (tertiary alicyclic amines) is 1. The third-order valence-corrected chi connectivity index (χ3v) is 6.33. The second-order valence-corrected chi connectivity index (χ2v) is 8.72. The SMILES string of the molecule is CC1(C)CN(CC(=O)NCC2(c3ccccc3)CCCC2)CCC1N.Cl. The Morgan fingerprint density at radius 2 is 1.88 bits per heavy atom. The molecule has 4 nitrogen and oxygen atoms in total. The van der Waals surface area contributed by atoms with Gasteiger partial charge in [-0.05, 0) is 30.2 Å². The molecule has 1 unspecified atom stereocenters. The van der Waals surface area contributed by atoms with Crippen LogP contribution < -0.4 is 11.1 Å². The van der Waals surface area contributed by atoms with Crippen LogP contribution in [0.4, 0.5) is 0 Å². The van der Waals surface area contributed by atoms with Gasteiger partial charge in [-0.15, -0.1) is 12.4 Å². The van der Waals surface area contributed by atoms with Gasteiger partial charge in [0.05, 0.1) is 6.54 Å². The number of nitrogens with one attached hydrogen (secondary N) is 1. The number of nitrogens with zero attached hydrogens (tertiary/aromatic N) is 1. The van der Waals surface area contributed by atoms with E-state index in [0.717, 1.165) is 26.1 Å². The molecule has 1 aromatic rings. The molecule has 2 aliphatic rings. The molecule has 1 aliphatic carbocycles. The van der Waals surface area contributed by atoms with Crippen LogP contribution in [0.15, 0.2) is 30.3 Å². The van der Waals surface area contributed by atoms with Crippen LogP contribution in [0.25, 0.3) is 0 Å². The topological polar surface area (TPSA) is 58.4 Å². The normalized spacial score (nSPS) is 24.7. The van der Waals surface area contributed by atoms with Gasteiger partial charge in [-0.3, -0.25) is 9.69 Å². The Bertz CT molecular complexity index is 584. The zero-order valence-electron chi connectivity index (χ0n) is 16.2. The highest BCUT2D eigenvalue weighted by Gasteiger charge is 2.37. The van der Waals surface area contributed by atoms with Crippen LogP contribution >= 0.6 is 12.4 Å². The van der Waals surface area contributed by atoms with Crippen LogP contribution in [-0.4, -0.2) is 43.0 Å². The average molecular weight is 380 g/mol. The molecule has 26 heavy (non-hydrogen) atoms. The molecule has 1 aromatic carbocycles. The summed E-state index contributed by atoms with van der Waals surface area (Å²) in [6.45, 7) is 7.45. The molecule has 0 radical (unpaired) electrons. The maximum absolute atomic E-state index is 12.6. The number of piperidine rings is 1. The third-order valence-electron chi connectivity index (χ3n) is 6.33. The zero-order valence-corrected chi connectivity index (χ0v) is 17.0. The van der Waals surface area contributed by atoms with Crippen LogP contribution in [0, 0.1) is 5.41 Å². The van der Waals surface area contributed by atoms with E-state index in [9.17, 15) is 4.79 Å². The lowest BCUT2D eigenvalue weighted by molar-refractivity contribution is -0.123. The maximum atomic E-state index is 12.6. The minimum atomic E-state index is 0. The van der Waals surface area contributed by atoms with Crippen molar-refractivity contribution in [3.8, 4) is 0 Å². The molecule has 5 heteroatoms. The first-order valence-electron chi connectivity index (χ1n) is 9.72. The summed E-state index contributed by atoms with van der Waals surface area (Å²) in [5.74, 6) is 0.147. The molecule has 1 saturated heterocycles. The predicted molar refractivity (Wildman–Crippen MR) is 110 cm³/mol. The summed E-state index contributed by atoms with van der Waals surface area (Å²) in [6, 6.07) is 10.9. The van der Waals surface area contributed by atoms with Gasteiger partial charge >= 0.3 is 0 Å². The zero-order chi connectivity index (χ0) is 17.9. The minimum Gasteiger partial charge on any atom is -0.354 e. The molecule has 0 spiro atoms. The fourth-order valence-electron chi connectivity index (χ4n) is 4.56. The van der Waals surface area contributed by atoms with E-state index in [1.165, 1.54) is 31.2 Å². The summed E-state index contributed by atoms with van der Waals surface area (Å²) in [6.07, 6.45) is 5.81. The molecule has 1 atom stereocenters. The lowest BCUT2D eigenvalue weighted by atomic mass is 9.78. The van der Waals surface area contributed by atoms with Crippen molar-refractivity contribution in [3.63, 3.8) is 0 Å². The number of benzene rings is 1. The number of halogens is 1. The van der Waals surface area contributed by atoms with E-state index in [1.807, 2.05) is 0 Å². The van der Waals surface area contributed by atoms with Gasteiger partial charge in [0, 0.05) is 31.1 Å². The van der Waals surface area contributed by atoms with E-state index in [1.54, 1.807) is 0 Å².